The minimum absolute atomic E-state index is 0.0950. The minimum Gasteiger partial charge on any atom is -0.342 e. The third-order valence-corrected chi connectivity index (χ3v) is 4.77. The van der Waals surface area contributed by atoms with Crippen LogP contribution < -0.4 is 5.32 Å². The lowest BCUT2D eigenvalue weighted by molar-refractivity contribution is -0.130. The fraction of sp³-hybridized carbons (Fsp3) is 0.348. The molecule has 0 unspecified atom stereocenters. The highest BCUT2D eigenvalue weighted by Gasteiger charge is 2.21. The Hall–Kier alpha value is -3.15. The highest BCUT2D eigenvalue weighted by atomic mass is 16.2. The van der Waals surface area contributed by atoms with Gasteiger partial charge in [0.15, 0.2) is 5.65 Å². The Bertz CT molecular complexity index is 989. The second-order valence-electron chi connectivity index (χ2n) is 7.13. The largest absolute Gasteiger partial charge is 0.342 e. The van der Waals surface area contributed by atoms with Crippen LogP contribution in [0, 0.1) is 0 Å². The van der Waals surface area contributed by atoms with E-state index in [2.05, 4.69) is 19.2 Å². The van der Waals surface area contributed by atoms with Crippen LogP contribution in [0.1, 0.15) is 39.3 Å². The monoisotopic (exact) mass is 392 g/mol. The standard InChI is InChI=1S/C23H28N4O2/c1-4-13-26(14-5-2)21(29)16-20-22(18-10-7-6-8-11-18)25-23-19(24-17(3)28)12-9-15-27(20)23/h6-12,15H,4-5,13-14,16H2,1-3H3,(H,24,28). The minimum atomic E-state index is -0.156. The zero-order chi connectivity index (χ0) is 20.8. The molecule has 3 rings (SSSR count). The number of aromatic nitrogens is 2. The van der Waals surface area contributed by atoms with E-state index in [9.17, 15) is 9.59 Å². The molecule has 3 aromatic rings. The first kappa shape index (κ1) is 20.6. The second-order valence-corrected chi connectivity index (χ2v) is 7.13. The zero-order valence-electron chi connectivity index (χ0n) is 17.3. The molecule has 0 radical (unpaired) electrons. The van der Waals surface area contributed by atoms with Crippen molar-refractivity contribution in [3.8, 4) is 11.3 Å². The summed E-state index contributed by atoms with van der Waals surface area (Å²) in [6.45, 7) is 7.14. The average molecular weight is 393 g/mol. The summed E-state index contributed by atoms with van der Waals surface area (Å²) < 4.78 is 1.92. The fourth-order valence-corrected chi connectivity index (χ4v) is 3.56. The Morgan fingerprint density at radius 3 is 2.34 bits per heavy atom. The molecule has 0 fully saturated rings. The van der Waals surface area contributed by atoms with E-state index >= 15 is 0 Å². The topological polar surface area (TPSA) is 66.7 Å². The van der Waals surface area contributed by atoms with Gasteiger partial charge in [-0.1, -0.05) is 44.2 Å². The van der Waals surface area contributed by atoms with Crippen molar-refractivity contribution < 1.29 is 9.59 Å². The molecule has 0 atom stereocenters. The molecular weight excluding hydrogens is 364 g/mol. The SMILES string of the molecule is CCCN(CCC)C(=O)Cc1c(-c2ccccc2)nc2c(NC(C)=O)cccn12. The predicted octanol–water partition coefficient (Wildman–Crippen LogP) is 4.15. The summed E-state index contributed by atoms with van der Waals surface area (Å²) in [4.78, 5) is 31.5. The Balaban J connectivity index is 2.10. The molecule has 0 aliphatic heterocycles. The van der Waals surface area contributed by atoms with Crippen molar-refractivity contribution in [2.45, 2.75) is 40.0 Å². The number of fused-ring (bicyclic) bond motifs is 1. The maximum absolute atomic E-state index is 13.1. The van der Waals surface area contributed by atoms with Crippen LogP contribution in [0.15, 0.2) is 48.7 Å². The predicted molar refractivity (Wildman–Crippen MR) is 116 cm³/mol. The van der Waals surface area contributed by atoms with Crippen LogP contribution in [0.3, 0.4) is 0 Å². The van der Waals surface area contributed by atoms with E-state index in [1.165, 1.54) is 6.92 Å². The number of anilines is 1. The Morgan fingerprint density at radius 1 is 1.03 bits per heavy atom. The van der Waals surface area contributed by atoms with Crippen LogP contribution in [-0.4, -0.2) is 39.2 Å². The summed E-state index contributed by atoms with van der Waals surface area (Å²) in [7, 11) is 0. The molecule has 0 saturated carbocycles. The zero-order valence-corrected chi connectivity index (χ0v) is 17.3. The normalized spacial score (nSPS) is 10.9. The molecule has 29 heavy (non-hydrogen) atoms. The first-order chi connectivity index (χ1) is 14.0. The number of benzene rings is 1. The van der Waals surface area contributed by atoms with Gasteiger partial charge in [0.1, 0.15) is 0 Å². The lowest BCUT2D eigenvalue weighted by Crippen LogP contribution is -2.34. The van der Waals surface area contributed by atoms with Gasteiger partial charge in [0.25, 0.3) is 0 Å². The van der Waals surface area contributed by atoms with E-state index in [0.29, 0.717) is 11.3 Å². The van der Waals surface area contributed by atoms with Crippen molar-refractivity contribution >= 4 is 23.1 Å². The van der Waals surface area contributed by atoms with E-state index in [-0.39, 0.29) is 18.2 Å². The van der Waals surface area contributed by atoms with Crippen LogP contribution in [0.2, 0.25) is 0 Å². The van der Waals surface area contributed by atoms with E-state index < -0.39 is 0 Å². The molecule has 1 N–H and O–H groups in total. The van der Waals surface area contributed by atoms with Gasteiger partial charge in [0, 0.05) is 31.8 Å². The van der Waals surface area contributed by atoms with Crippen molar-refractivity contribution in [3.63, 3.8) is 0 Å². The maximum atomic E-state index is 13.1. The number of hydrogen-bond donors (Lipinski definition) is 1. The summed E-state index contributed by atoms with van der Waals surface area (Å²) >= 11 is 0. The van der Waals surface area contributed by atoms with Crippen molar-refractivity contribution in [1.82, 2.24) is 14.3 Å². The molecule has 2 heterocycles. The summed E-state index contributed by atoms with van der Waals surface area (Å²) in [6, 6.07) is 13.5. The number of nitrogens with zero attached hydrogens (tertiary/aromatic N) is 3. The van der Waals surface area contributed by atoms with Gasteiger partial charge in [-0.25, -0.2) is 4.98 Å². The maximum Gasteiger partial charge on any atom is 0.228 e. The van der Waals surface area contributed by atoms with Crippen molar-refractivity contribution in [2.75, 3.05) is 18.4 Å². The summed E-state index contributed by atoms with van der Waals surface area (Å²) in [5, 5.41) is 2.84. The highest BCUT2D eigenvalue weighted by molar-refractivity contribution is 5.93. The molecule has 0 aliphatic carbocycles. The van der Waals surface area contributed by atoms with Crippen LogP contribution in [0.25, 0.3) is 16.9 Å². The summed E-state index contributed by atoms with van der Waals surface area (Å²) in [6.07, 6.45) is 4.01. The lowest BCUT2D eigenvalue weighted by atomic mass is 10.1. The van der Waals surface area contributed by atoms with Crippen LogP contribution in [0.5, 0.6) is 0 Å². The fourth-order valence-electron chi connectivity index (χ4n) is 3.56. The first-order valence-electron chi connectivity index (χ1n) is 10.2. The van der Waals surface area contributed by atoms with Crippen LogP contribution in [0.4, 0.5) is 5.69 Å². The number of rotatable bonds is 8. The van der Waals surface area contributed by atoms with Gasteiger partial charge in [-0.2, -0.15) is 0 Å². The van der Waals surface area contributed by atoms with Crippen molar-refractivity contribution in [2.24, 2.45) is 0 Å². The molecule has 2 amide bonds. The molecule has 0 saturated heterocycles. The Morgan fingerprint density at radius 2 is 1.72 bits per heavy atom. The molecular formula is C23H28N4O2. The number of carbonyl (C=O) groups is 2. The van der Waals surface area contributed by atoms with Gasteiger partial charge in [-0.3, -0.25) is 9.59 Å². The van der Waals surface area contributed by atoms with Gasteiger partial charge in [-0.15, -0.1) is 0 Å². The van der Waals surface area contributed by atoms with Gasteiger partial charge in [0.2, 0.25) is 11.8 Å². The molecule has 1 aromatic carbocycles. The van der Waals surface area contributed by atoms with Gasteiger partial charge < -0.3 is 14.6 Å². The van der Waals surface area contributed by atoms with Gasteiger partial charge >= 0.3 is 0 Å². The molecule has 0 aliphatic rings. The highest BCUT2D eigenvalue weighted by Crippen LogP contribution is 2.28. The number of pyridine rings is 1. The Labute approximate surface area is 171 Å². The molecule has 6 heteroatoms. The van der Waals surface area contributed by atoms with E-state index in [1.807, 2.05) is 58.0 Å². The van der Waals surface area contributed by atoms with E-state index in [1.54, 1.807) is 0 Å². The average Bonchev–Trinajstić information content (AvgIpc) is 3.07. The lowest BCUT2D eigenvalue weighted by Gasteiger charge is -2.21. The van der Waals surface area contributed by atoms with Crippen molar-refractivity contribution in [3.05, 3.63) is 54.4 Å². The third-order valence-electron chi connectivity index (χ3n) is 4.77. The van der Waals surface area contributed by atoms with E-state index in [4.69, 9.17) is 4.98 Å². The molecule has 2 aromatic heterocycles. The number of amides is 2. The first-order valence-corrected chi connectivity index (χ1v) is 10.2. The number of hydrogen-bond acceptors (Lipinski definition) is 3. The quantitative estimate of drug-likeness (QED) is 0.626. The number of nitrogens with one attached hydrogen (secondary N) is 1. The third kappa shape index (κ3) is 4.65. The molecule has 0 bridgehead atoms. The van der Waals surface area contributed by atoms with Gasteiger partial charge in [0.05, 0.1) is 23.5 Å². The number of imidazole rings is 1. The van der Waals surface area contributed by atoms with Crippen LogP contribution in [-0.2, 0) is 16.0 Å². The summed E-state index contributed by atoms with van der Waals surface area (Å²) in [5.74, 6) is -0.0605. The Kier molecular flexibility index (Phi) is 6.65. The van der Waals surface area contributed by atoms with E-state index in [0.717, 1.165) is 42.9 Å². The molecule has 152 valence electrons. The van der Waals surface area contributed by atoms with Gasteiger partial charge in [-0.05, 0) is 25.0 Å². The van der Waals surface area contributed by atoms with Crippen LogP contribution >= 0.6 is 0 Å². The summed E-state index contributed by atoms with van der Waals surface area (Å²) in [5.41, 5.74) is 3.83. The molecule has 6 nitrogen and oxygen atoms in total. The second kappa shape index (κ2) is 9.37. The number of carbonyl (C=O) groups excluding carboxylic acids is 2. The smallest absolute Gasteiger partial charge is 0.228 e. The van der Waals surface area contributed by atoms with Crippen molar-refractivity contribution in [1.29, 1.82) is 0 Å². The molecule has 0 spiro atoms.